The van der Waals surface area contributed by atoms with Crippen molar-refractivity contribution in [3.63, 3.8) is 0 Å². The molecule has 5 heteroatoms. The zero-order valence-electron chi connectivity index (χ0n) is 14.3. The van der Waals surface area contributed by atoms with Gasteiger partial charge in [-0.3, -0.25) is 0 Å². The van der Waals surface area contributed by atoms with Crippen LogP contribution in [-0.4, -0.2) is 32.8 Å². The molecule has 0 aliphatic heterocycles. The fourth-order valence-electron chi connectivity index (χ4n) is 2.07. The van der Waals surface area contributed by atoms with E-state index in [2.05, 4.69) is 15.6 Å². The predicted octanol–water partition coefficient (Wildman–Crippen LogP) is 3.18. The first-order valence-corrected chi connectivity index (χ1v) is 8.14. The van der Waals surface area contributed by atoms with Crippen LogP contribution in [0, 0.1) is 0 Å². The molecule has 0 radical (unpaired) electrons. The standard InChI is InChI=1S/C19H25N3O2/c1-3-20-19(21-13-14-23-2)22-15-16-9-11-18(12-10-16)24-17-7-5-4-6-8-17/h4-12H,3,13-15H2,1-2H3,(H2,20,21,22). The summed E-state index contributed by atoms with van der Waals surface area (Å²) in [6.07, 6.45) is 0. The van der Waals surface area contributed by atoms with Crippen LogP contribution in [0.4, 0.5) is 0 Å². The lowest BCUT2D eigenvalue weighted by molar-refractivity contribution is 0.203. The number of methoxy groups -OCH3 is 1. The quantitative estimate of drug-likeness (QED) is 0.444. The zero-order chi connectivity index (χ0) is 17.0. The Morgan fingerprint density at radius 3 is 2.33 bits per heavy atom. The minimum absolute atomic E-state index is 0.605. The van der Waals surface area contributed by atoms with E-state index in [1.165, 1.54) is 0 Å². The summed E-state index contributed by atoms with van der Waals surface area (Å²) in [5.74, 6) is 2.44. The van der Waals surface area contributed by atoms with Crippen LogP contribution in [-0.2, 0) is 11.3 Å². The topological polar surface area (TPSA) is 54.9 Å². The lowest BCUT2D eigenvalue weighted by Gasteiger charge is -2.11. The highest BCUT2D eigenvalue weighted by atomic mass is 16.5. The largest absolute Gasteiger partial charge is 0.457 e. The minimum atomic E-state index is 0.605. The van der Waals surface area contributed by atoms with Crippen LogP contribution in [0.25, 0.3) is 0 Å². The van der Waals surface area contributed by atoms with Crippen molar-refractivity contribution in [2.24, 2.45) is 4.99 Å². The summed E-state index contributed by atoms with van der Waals surface area (Å²) in [4.78, 5) is 4.57. The smallest absolute Gasteiger partial charge is 0.191 e. The van der Waals surface area contributed by atoms with E-state index in [4.69, 9.17) is 9.47 Å². The highest BCUT2D eigenvalue weighted by molar-refractivity contribution is 5.79. The maximum atomic E-state index is 5.79. The number of nitrogens with zero attached hydrogens (tertiary/aromatic N) is 1. The van der Waals surface area contributed by atoms with Crippen LogP contribution < -0.4 is 15.4 Å². The number of ether oxygens (including phenoxy) is 2. The molecule has 0 amide bonds. The van der Waals surface area contributed by atoms with Crippen molar-refractivity contribution in [3.8, 4) is 11.5 Å². The molecule has 128 valence electrons. The van der Waals surface area contributed by atoms with Gasteiger partial charge in [0.25, 0.3) is 0 Å². The molecule has 0 heterocycles. The zero-order valence-corrected chi connectivity index (χ0v) is 14.3. The van der Waals surface area contributed by atoms with Crippen LogP contribution in [0.3, 0.4) is 0 Å². The Morgan fingerprint density at radius 2 is 1.67 bits per heavy atom. The van der Waals surface area contributed by atoms with Gasteiger partial charge in [0.05, 0.1) is 13.2 Å². The average molecular weight is 327 g/mol. The van der Waals surface area contributed by atoms with E-state index in [9.17, 15) is 0 Å². The Labute approximate surface area is 143 Å². The summed E-state index contributed by atoms with van der Waals surface area (Å²) in [6.45, 7) is 4.85. The Bertz CT molecular complexity index is 612. The normalized spacial score (nSPS) is 11.2. The predicted molar refractivity (Wildman–Crippen MR) is 97.7 cm³/mol. The number of benzene rings is 2. The van der Waals surface area contributed by atoms with Gasteiger partial charge in [-0.05, 0) is 36.8 Å². The maximum absolute atomic E-state index is 5.79. The number of aliphatic imine (C=N–C) groups is 1. The lowest BCUT2D eigenvalue weighted by atomic mass is 10.2. The van der Waals surface area contributed by atoms with Gasteiger partial charge < -0.3 is 20.1 Å². The van der Waals surface area contributed by atoms with Crippen LogP contribution >= 0.6 is 0 Å². The fourth-order valence-corrected chi connectivity index (χ4v) is 2.07. The summed E-state index contributed by atoms with van der Waals surface area (Å²) < 4.78 is 10.8. The molecule has 0 unspecified atom stereocenters. The molecule has 0 aliphatic rings. The molecular formula is C19H25N3O2. The van der Waals surface area contributed by atoms with Crippen molar-refractivity contribution in [1.29, 1.82) is 0 Å². The summed E-state index contributed by atoms with van der Waals surface area (Å²) in [5.41, 5.74) is 1.12. The summed E-state index contributed by atoms with van der Waals surface area (Å²) >= 11 is 0. The van der Waals surface area contributed by atoms with Crippen molar-refractivity contribution < 1.29 is 9.47 Å². The third-order valence-corrected chi connectivity index (χ3v) is 3.26. The third-order valence-electron chi connectivity index (χ3n) is 3.26. The molecule has 0 aromatic heterocycles. The molecule has 2 aromatic rings. The average Bonchev–Trinajstić information content (AvgIpc) is 2.62. The maximum Gasteiger partial charge on any atom is 0.191 e. The van der Waals surface area contributed by atoms with E-state index < -0.39 is 0 Å². The molecule has 0 saturated heterocycles. The number of rotatable bonds is 8. The first kappa shape index (κ1) is 17.8. The van der Waals surface area contributed by atoms with Crippen molar-refractivity contribution in [1.82, 2.24) is 10.6 Å². The number of nitrogens with one attached hydrogen (secondary N) is 2. The van der Waals surface area contributed by atoms with Crippen molar-refractivity contribution in [3.05, 3.63) is 60.2 Å². The Morgan fingerprint density at radius 1 is 0.958 bits per heavy atom. The van der Waals surface area contributed by atoms with E-state index >= 15 is 0 Å². The fraction of sp³-hybridized carbons (Fsp3) is 0.316. The van der Waals surface area contributed by atoms with Gasteiger partial charge in [0.15, 0.2) is 5.96 Å². The van der Waals surface area contributed by atoms with Crippen molar-refractivity contribution in [2.45, 2.75) is 13.5 Å². The second kappa shape index (κ2) is 10.3. The van der Waals surface area contributed by atoms with Crippen molar-refractivity contribution >= 4 is 5.96 Å². The van der Waals surface area contributed by atoms with Crippen LogP contribution in [0.2, 0.25) is 0 Å². The molecule has 0 saturated carbocycles. The Balaban J connectivity index is 1.90. The Hall–Kier alpha value is -2.53. The van der Waals surface area contributed by atoms with E-state index in [1.807, 2.05) is 61.5 Å². The second-order valence-corrected chi connectivity index (χ2v) is 5.17. The molecule has 0 spiro atoms. The highest BCUT2D eigenvalue weighted by Crippen LogP contribution is 2.21. The van der Waals surface area contributed by atoms with Crippen LogP contribution in [0.5, 0.6) is 11.5 Å². The molecule has 2 N–H and O–H groups in total. The van der Waals surface area contributed by atoms with Gasteiger partial charge in [0.1, 0.15) is 11.5 Å². The minimum Gasteiger partial charge on any atom is -0.457 e. The van der Waals surface area contributed by atoms with Gasteiger partial charge in [-0.2, -0.15) is 0 Å². The van der Waals surface area contributed by atoms with Gasteiger partial charge in [-0.1, -0.05) is 30.3 Å². The molecular weight excluding hydrogens is 302 g/mol. The number of hydrogen-bond acceptors (Lipinski definition) is 3. The molecule has 2 aromatic carbocycles. The van der Waals surface area contributed by atoms with E-state index in [0.29, 0.717) is 13.2 Å². The van der Waals surface area contributed by atoms with Crippen LogP contribution in [0.1, 0.15) is 12.5 Å². The molecule has 2 rings (SSSR count). The summed E-state index contributed by atoms with van der Waals surface area (Å²) in [7, 11) is 1.69. The summed E-state index contributed by atoms with van der Waals surface area (Å²) in [5, 5.41) is 6.44. The number of guanidine groups is 1. The first-order valence-electron chi connectivity index (χ1n) is 8.14. The number of hydrogen-bond donors (Lipinski definition) is 2. The molecule has 0 bridgehead atoms. The van der Waals surface area contributed by atoms with Crippen LogP contribution in [0.15, 0.2) is 59.6 Å². The first-order chi connectivity index (χ1) is 11.8. The van der Waals surface area contributed by atoms with E-state index in [0.717, 1.165) is 36.1 Å². The van der Waals surface area contributed by atoms with E-state index in [-0.39, 0.29) is 0 Å². The lowest BCUT2D eigenvalue weighted by Crippen LogP contribution is -2.38. The molecule has 0 aliphatic carbocycles. The van der Waals surface area contributed by atoms with Gasteiger partial charge in [0, 0.05) is 20.2 Å². The van der Waals surface area contributed by atoms with Crippen molar-refractivity contribution in [2.75, 3.05) is 26.8 Å². The third kappa shape index (κ3) is 6.30. The monoisotopic (exact) mass is 327 g/mol. The molecule has 5 nitrogen and oxygen atoms in total. The summed E-state index contributed by atoms with van der Waals surface area (Å²) in [6, 6.07) is 17.7. The molecule has 24 heavy (non-hydrogen) atoms. The number of para-hydroxylation sites is 1. The highest BCUT2D eigenvalue weighted by Gasteiger charge is 1.99. The van der Waals surface area contributed by atoms with E-state index in [1.54, 1.807) is 7.11 Å². The second-order valence-electron chi connectivity index (χ2n) is 5.17. The van der Waals surface area contributed by atoms with Gasteiger partial charge in [0.2, 0.25) is 0 Å². The molecule has 0 atom stereocenters. The SMILES string of the molecule is CCNC(=NCc1ccc(Oc2ccccc2)cc1)NCCOC. The molecule has 0 fully saturated rings. The van der Waals surface area contributed by atoms with Gasteiger partial charge >= 0.3 is 0 Å². The van der Waals surface area contributed by atoms with Gasteiger partial charge in [-0.15, -0.1) is 0 Å². The van der Waals surface area contributed by atoms with Gasteiger partial charge in [-0.25, -0.2) is 4.99 Å². The Kier molecular flexibility index (Phi) is 7.63.